The van der Waals surface area contributed by atoms with E-state index < -0.39 is 29.2 Å². The highest BCUT2D eigenvalue weighted by Crippen LogP contribution is 2.37. The van der Waals surface area contributed by atoms with Crippen LogP contribution < -0.4 is 14.8 Å². The summed E-state index contributed by atoms with van der Waals surface area (Å²) in [5, 5.41) is 6.93. The van der Waals surface area contributed by atoms with Crippen molar-refractivity contribution < 1.29 is 36.6 Å². The summed E-state index contributed by atoms with van der Waals surface area (Å²) in [4.78, 5) is 17.1. The van der Waals surface area contributed by atoms with E-state index in [0.29, 0.717) is 17.9 Å². The van der Waals surface area contributed by atoms with Crippen molar-refractivity contribution in [3.8, 4) is 28.8 Å². The Kier molecular flexibility index (Phi) is 7.91. The summed E-state index contributed by atoms with van der Waals surface area (Å²) in [5.41, 5.74) is -0.143. The number of halogens is 4. The maximum atomic E-state index is 13.9. The van der Waals surface area contributed by atoms with Crippen LogP contribution in [0.2, 0.25) is 0 Å². The minimum atomic E-state index is -4.70. The molecule has 12 heteroatoms. The number of methoxy groups -OCH3 is 2. The van der Waals surface area contributed by atoms with Crippen LogP contribution in [0.1, 0.15) is 15.9 Å². The number of anilines is 1. The summed E-state index contributed by atoms with van der Waals surface area (Å²) in [6.45, 7) is 0.480. The zero-order valence-electron chi connectivity index (χ0n) is 20.3. The molecule has 0 spiro atoms. The third-order valence-corrected chi connectivity index (χ3v) is 5.30. The Labute approximate surface area is 214 Å². The van der Waals surface area contributed by atoms with Crippen LogP contribution in [0.15, 0.2) is 66.7 Å². The molecule has 1 N–H and O–H groups in total. The first-order valence-corrected chi connectivity index (χ1v) is 11.2. The molecule has 0 unspecified atom stereocenters. The Bertz CT molecular complexity index is 1440. The van der Waals surface area contributed by atoms with Crippen molar-refractivity contribution in [1.29, 1.82) is 0 Å². The van der Waals surface area contributed by atoms with E-state index in [0.717, 1.165) is 19.2 Å². The van der Waals surface area contributed by atoms with E-state index in [1.54, 1.807) is 30.3 Å². The molecule has 4 aromatic rings. The van der Waals surface area contributed by atoms with Crippen LogP contribution in [0.5, 0.6) is 11.8 Å². The van der Waals surface area contributed by atoms with Crippen LogP contribution >= 0.6 is 0 Å². The standard InChI is InChI=1S/C26H22F4N4O4/c1-36-11-12-38-25-32-23(16-5-3-6-18(27)13-16)34(33-25)20-8-4-7-19(15-20)31-24(35)17-9-10-22(37-2)21(14-17)26(28,29)30/h3-10,13-15H,11-12H2,1-2H3,(H,31,35). The number of nitrogens with zero attached hydrogens (tertiary/aromatic N) is 3. The molecular weight excluding hydrogens is 508 g/mol. The lowest BCUT2D eigenvalue weighted by Crippen LogP contribution is -2.15. The second-order valence-corrected chi connectivity index (χ2v) is 7.90. The Morgan fingerprint density at radius 2 is 1.79 bits per heavy atom. The highest BCUT2D eigenvalue weighted by molar-refractivity contribution is 6.04. The Hall–Kier alpha value is -4.45. The van der Waals surface area contributed by atoms with Crippen LogP contribution in [0.3, 0.4) is 0 Å². The lowest BCUT2D eigenvalue weighted by Gasteiger charge is -2.14. The van der Waals surface area contributed by atoms with Crippen LogP contribution in [-0.2, 0) is 10.9 Å². The fraction of sp³-hybridized carbons (Fsp3) is 0.192. The second-order valence-electron chi connectivity index (χ2n) is 7.90. The van der Waals surface area contributed by atoms with Gasteiger partial charge in [-0.2, -0.15) is 18.2 Å². The molecule has 1 heterocycles. The highest BCUT2D eigenvalue weighted by Gasteiger charge is 2.35. The van der Waals surface area contributed by atoms with Crippen LogP contribution in [0.25, 0.3) is 17.1 Å². The zero-order chi connectivity index (χ0) is 27.3. The van der Waals surface area contributed by atoms with Gasteiger partial charge in [0.05, 0.1) is 25.0 Å². The highest BCUT2D eigenvalue weighted by atomic mass is 19.4. The van der Waals surface area contributed by atoms with Crippen LogP contribution in [-0.4, -0.2) is 48.1 Å². The van der Waals surface area contributed by atoms with Gasteiger partial charge in [0.2, 0.25) is 0 Å². The average Bonchev–Trinajstić information content (AvgIpc) is 3.32. The van der Waals surface area contributed by atoms with Gasteiger partial charge in [-0.1, -0.05) is 18.2 Å². The monoisotopic (exact) mass is 530 g/mol. The third-order valence-electron chi connectivity index (χ3n) is 5.30. The van der Waals surface area contributed by atoms with Gasteiger partial charge in [-0.3, -0.25) is 4.79 Å². The zero-order valence-corrected chi connectivity index (χ0v) is 20.3. The van der Waals surface area contributed by atoms with E-state index in [1.165, 1.54) is 36.1 Å². The number of amides is 1. The largest absolute Gasteiger partial charge is 0.496 e. The van der Waals surface area contributed by atoms with E-state index in [-0.39, 0.29) is 29.7 Å². The SMILES string of the molecule is COCCOc1nc(-c2cccc(F)c2)n(-c2cccc(NC(=O)c3ccc(OC)c(C(F)(F)F)c3)c2)n1. The molecule has 0 aliphatic carbocycles. The molecule has 0 saturated carbocycles. The first-order chi connectivity index (χ1) is 18.2. The van der Waals surface area contributed by atoms with Gasteiger partial charge in [0, 0.05) is 23.9 Å². The van der Waals surface area contributed by atoms with Crippen molar-refractivity contribution in [2.24, 2.45) is 0 Å². The van der Waals surface area contributed by atoms with Gasteiger partial charge in [0.1, 0.15) is 18.2 Å². The van der Waals surface area contributed by atoms with Crippen molar-refractivity contribution in [3.05, 3.63) is 83.7 Å². The number of aromatic nitrogens is 3. The minimum Gasteiger partial charge on any atom is -0.496 e. The third kappa shape index (κ3) is 6.09. The molecule has 0 radical (unpaired) electrons. The minimum absolute atomic E-state index is 0.0219. The summed E-state index contributed by atoms with van der Waals surface area (Å²) < 4.78 is 70.7. The maximum absolute atomic E-state index is 13.9. The Morgan fingerprint density at radius 1 is 1.00 bits per heavy atom. The lowest BCUT2D eigenvalue weighted by molar-refractivity contribution is -0.138. The number of alkyl halides is 3. The number of carbonyl (C=O) groups excluding carboxylic acids is 1. The maximum Gasteiger partial charge on any atom is 0.419 e. The molecule has 0 atom stereocenters. The smallest absolute Gasteiger partial charge is 0.419 e. The predicted molar refractivity (Wildman–Crippen MR) is 130 cm³/mol. The van der Waals surface area contributed by atoms with E-state index in [1.807, 2.05) is 0 Å². The normalized spacial score (nSPS) is 11.3. The summed E-state index contributed by atoms with van der Waals surface area (Å²) in [7, 11) is 2.63. The van der Waals surface area contributed by atoms with Crippen molar-refractivity contribution >= 4 is 11.6 Å². The van der Waals surface area contributed by atoms with E-state index >= 15 is 0 Å². The molecular formula is C26H22F4N4O4. The molecule has 0 fully saturated rings. The Morgan fingerprint density at radius 3 is 2.50 bits per heavy atom. The second kappa shape index (κ2) is 11.3. The van der Waals surface area contributed by atoms with Gasteiger partial charge in [0.15, 0.2) is 5.82 Å². The molecule has 1 aromatic heterocycles. The van der Waals surface area contributed by atoms with Gasteiger partial charge in [-0.15, -0.1) is 5.10 Å². The number of benzene rings is 3. The van der Waals surface area contributed by atoms with Gasteiger partial charge in [-0.25, -0.2) is 9.07 Å². The molecule has 0 bridgehead atoms. The Balaban J connectivity index is 1.65. The molecule has 0 aliphatic rings. The fourth-order valence-electron chi connectivity index (χ4n) is 3.55. The molecule has 0 aliphatic heterocycles. The molecule has 38 heavy (non-hydrogen) atoms. The summed E-state index contributed by atoms with van der Waals surface area (Å²) in [5.74, 6) is -1.36. The van der Waals surface area contributed by atoms with Crippen LogP contribution in [0.4, 0.5) is 23.2 Å². The van der Waals surface area contributed by atoms with Gasteiger partial charge in [0.25, 0.3) is 5.91 Å². The first kappa shape index (κ1) is 26.6. The number of nitrogens with one attached hydrogen (secondary N) is 1. The molecule has 3 aromatic carbocycles. The van der Waals surface area contributed by atoms with E-state index in [4.69, 9.17) is 14.2 Å². The average molecular weight is 530 g/mol. The van der Waals surface area contributed by atoms with Crippen molar-refractivity contribution in [2.45, 2.75) is 6.18 Å². The van der Waals surface area contributed by atoms with Crippen molar-refractivity contribution in [2.75, 3.05) is 32.8 Å². The quantitative estimate of drug-likeness (QED) is 0.231. The molecule has 198 valence electrons. The van der Waals surface area contributed by atoms with E-state index in [2.05, 4.69) is 15.4 Å². The number of hydrogen-bond donors (Lipinski definition) is 1. The van der Waals surface area contributed by atoms with E-state index in [9.17, 15) is 22.4 Å². The topological polar surface area (TPSA) is 87.5 Å². The summed E-state index contributed by atoms with van der Waals surface area (Å²) >= 11 is 0. The number of carbonyl (C=O) groups is 1. The summed E-state index contributed by atoms with van der Waals surface area (Å²) in [6.07, 6.45) is -4.70. The molecule has 8 nitrogen and oxygen atoms in total. The van der Waals surface area contributed by atoms with Crippen LogP contribution in [0, 0.1) is 5.82 Å². The molecule has 0 saturated heterocycles. The lowest BCUT2D eigenvalue weighted by atomic mass is 10.1. The molecule has 1 amide bonds. The number of ether oxygens (including phenoxy) is 3. The fourth-order valence-corrected chi connectivity index (χ4v) is 3.55. The van der Waals surface area contributed by atoms with Gasteiger partial charge < -0.3 is 19.5 Å². The van der Waals surface area contributed by atoms with Crippen molar-refractivity contribution in [3.63, 3.8) is 0 Å². The number of hydrogen-bond acceptors (Lipinski definition) is 6. The van der Waals surface area contributed by atoms with Crippen molar-refractivity contribution in [1.82, 2.24) is 14.8 Å². The van der Waals surface area contributed by atoms with Gasteiger partial charge in [-0.05, 0) is 48.5 Å². The predicted octanol–water partition coefficient (Wildman–Crippen LogP) is 5.38. The first-order valence-electron chi connectivity index (χ1n) is 11.2. The summed E-state index contributed by atoms with van der Waals surface area (Å²) in [6, 6.07) is 15.2. The van der Waals surface area contributed by atoms with Gasteiger partial charge >= 0.3 is 12.2 Å². The number of rotatable bonds is 9. The molecule has 4 rings (SSSR count).